The monoisotopic (exact) mass is 420 g/mol. The predicted octanol–water partition coefficient (Wildman–Crippen LogP) is 4.01. The number of carbonyl (C=O) groups excluding carboxylic acids is 1. The smallest absolute Gasteiger partial charge is 0.167 e. The van der Waals surface area contributed by atoms with Gasteiger partial charge in [0.2, 0.25) is 0 Å². The number of nitrogens with zero attached hydrogens (tertiary/aromatic N) is 6. The van der Waals surface area contributed by atoms with Gasteiger partial charge in [-0.3, -0.25) is 19.8 Å². The highest BCUT2D eigenvalue weighted by atomic mass is 32.1. The van der Waals surface area contributed by atoms with Crippen LogP contribution in [0.15, 0.2) is 59.0 Å². The summed E-state index contributed by atoms with van der Waals surface area (Å²) in [6.07, 6.45) is 15.4. The maximum atomic E-state index is 11.7. The van der Waals surface area contributed by atoms with Crippen molar-refractivity contribution in [3.8, 4) is 0 Å². The Kier molecular flexibility index (Phi) is 7.40. The van der Waals surface area contributed by atoms with E-state index in [2.05, 4.69) is 27.9 Å². The molecule has 30 heavy (non-hydrogen) atoms. The molecule has 0 aromatic carbocycles. The number of aryl methyl sites for hydroxylation is 2. The molecule has 0 aliphatic heterocycles. The van der Waals surface area contributed by atoms with Gasteiger partial charge in [-0.1, -0.05) is 18.2 Å². The third-order valence-electron chi connectivity index (χ3n) is 4.45. The van der Waals surface area contributed by atoms with Crippen LogP contribution in [0.1, 0.15) is 33.0 Å². The molecule has 8 heteroatoms. The molecule has 3 heterocycles. The third-order valence-corrected chi connectivity index (χ3v) is 5.58. The lowest BCUT2D eigenvalue weighted by Crippen LogP contribution is -2.11. The Hall–Kier alpha value is -3.39. The van der Waals surface area contributed by atoms with Gasteiger partial charge in [-0.15, -0.1) is 11.3 Å². The first kappa shape index (κ1) is 21.3. The lowest BCUT2D eigenvalue weighted by Gasteiger charge is -2.12. The van der Waals surface area contributed by atoms with Crippen molar-refractivity contribution >= 4 is 40.9 Å². The Bertz CT molecular complexity index is 1090. The average molecular weight is 421 g/mol. The Morgan fingerprint density at radius 2 is 2.23 bits per heavy atom. The van der Waals surface area contributed by atoms with E-state index < -0.39 is 0 Å². The van der Waals surface area contributed by atoms with Crippen molar-refractivity contribution in [1.29, 1.82) is 0 Å². The number of hydrogen-bond acceptors (Lipinski definition) is 7. The molecule has 3 aromatic rings. The van der Waals surface area contributed by atoms with Crippen LogP contribution in [0.3, 0.4) is 0 Å². The van der Waals surface area contributed by atoms with E-state index in [0.717, 1.165) is 45.6 Å². The number of hydrogen-bond donors (Lipinski definition) is 0. The Balaban J connectivity index is 1.78. The number of rotatable bonds is 10. The Morgan fingerprint density at radius 1 is 1.37 bits per heavy atom. The fourth-order valence-corrected chi connectivity index (χ4v) is 4.12. The number of hydrazone groups is 1. The van der Waals surface area contributed by atoms with Crippen molar-refractivity contribution in [3.63, 3.8) is 0 Å². The summed E-state index contributed by atoms with van der Waals surface area (Å²) in [7, 11) is 3.75. The molecule has 0 unspecified atom stereocenters. The minimum atomic E-state index is 0.579. The van der Waals surface area contributed by atoms with E-state index in [9.17, 15) is 4.79 Å². The molecule has 0 aliphatic rings. The quantitative estimate of drug-likeness (QED) is 0.215. The number of thiazole rings is 1. The molecule has 3 aromatic heterocycles. The lowest BCUT2D eigenvalue weighted by atomic mass is 10.3. The van der Waals surface area contributed by atoms with Crippen molar-refractivity contribution in [2.24, 2.45) is 17.1 Å². The van der Waals surface area contributed by atoms with E-state index in [0.29, 0.717) is 12.2 Å². The summed E-state index contributed by atoms with van der Waals surface area (Å²) in [6, 6.07) is 3.91. The highest BCUT2D eigenvalue weighted by Gasteiger charge is 2.18. The topological polar surface area (TPSA) is 75.7 Å². The van der Waals surface area contributed by atoms with Gasteiger partial charge in [-0.2, -0.15) is 5.10 Å². The van der Waals surface area contributed by atoms with Crippen molar-refractivity contribution in [2.75, 3.05) is 7.05 Å². The minimum Gasteiger partial charge on any atom is -0.325 e. The first-order chi connectivity index (χ1) is 14.6. The van der Waals surface area contributed by atoms with Gasteiger partial charge < -0.3 is 4.57 Å². The molecule has 0 bridgehead atoms. The van der Waals surface area contributed by atoms with Crippen LogP contribution in [-0.2, 0) is 20.0 Å². The number of pyridine rings is 1. The van der Waals surface area contributed by atoms with Crippen LogP contribution in [0.25, 0.3) is 10.3 Å². The fraction of sp³-hybridized carbons (Fsp3) is 0.227. The molecule has 0 fully saturated rings. The Morgan fingerprint density at radius 3 is 2.97 bits per heavy atom. The highest BCUT2D eigenvalue weighted by molar-refractivity contribution is 7.19. The van der Waals surface area contributed by atoms with Crippen molar-refractivity contribution in [3.05, 3.63) is 70.8 Å². The van der Waals surface area contributed by atoms with E-state index in [1.807, 2.05) is 54.2 Å². The first-order valence-electron chi connectivity index (χ1n) is 9.48. The summed E-state index contributed by atoms with van der Waals surface area (Å²) in [5, 5.41) is 7.38. The van der Waals surface area contributed by atoms with E-state index >= 15 is 0 Å². The predicted molar refractivity (Wildman–Crippen MR) is 123 cm³/mol. The van der Waals surface area contributed by atoms with Crippen LogP contribution in [0.5, 0.6) is 0 Å². The first-order valence-corrected chi connectivity index (χ1v) is 10.3. The van der Waals surface area contributed by atoms with Gasteiger partial charge in [-0.25, -0.2) is 4.98 Å². The van der Waals surface area contributed by atoms with Gasteiger partial charge in [-0.05, 0) is 30.8 Å². The molecular formula is C22H24N6OS. The zero-order chi connectivity index (χ0) is 21.3. The second-order valence-electron chi connectivity index (χ2n) is 6.65. The van der Waals surface area contributed by atoms with Crippen LogP contribution >= 0.6 is 11.3 Å². The average Bonchev–Trinajstić information content (AvgIpc) is 3.27. The molecule has 0 saturated carbocycles. The number of carbonyl (C=O) groups is 1. The lowest BCUT2D eigenvalue weighted by molar-refractivity contribution is 0.111. The third kappa shape index (κ3) is 5.15. The molecule has 0 atom stereocenters. The summed E-state index contributed by atoms with van der Waals surface area (Å²) < 4.78 is 2.81. The molecule has 0 aliphatic carbocycles. The number of allylic oxidation sites excluding steroid dienone is 3. The fourth-order valence-electron chi connectivity index (χ4n) is 2.99. The maximum Gasteiger partial charge on any atom is 0.167 e. The maximum absolute atomic E-state index is 11.7. The van der Waals surface area contributed by atoms with Crippen molar-refractivity contribution < 1.29 is 4.79 Å². The molecule has 0 N–H and O–H groups in total. The summed E-state index contributed by atoms with van der Waals surface area (Å²) in [6.45, 7) is 4.03. The summed E-state index contributed by atoms with van der Waals surface area (Å²) in [4.78, 5) is 24.2. The molecule has 3 rings (SSSR count). The van der Waals surface area contributed by atoms with Crippen LogP contribution < -0.4 is 0 Å². The molecule has 7 nitrogen and oxygen atoms in total. The molecule has 0 saturated heterocycles. The van der Waals surface area contributed by atoms with Crippen molar-refractivity contribution in [1.82, 2.24) is 19.5 Å². The van der Waals surface area contributed by atoms with Crippen LogP contribution in [-0.4, -0.2) is 45.8 Å². The number of aromatic nitrogens is 3. The zero-order valence-corrected chi connectivity index (χ0v) is 17.9. The van der Waals surface area contributed by atoms with Crippen molar-refractivity contribution in [2.45, 2.75) is 19.4 Å². The SMILES string of the molecule is C=N/C=C\C=C/CCc1nc2c(s1)c(/C=N\N(C)Cc1cccnc1)c(C=O)n2C. The standard InChI is InChI=1S/C22H24N6OS/c1-23-11-7-5-4-6-10-20-26-22-21(30-20)18(19(16-29)28(22)3)14-25-27(2)15-17-9-8-12-24-13-17/h4-5,7-9,11-14,16H,1,6,10,15H2,2-3H3/b5-4-,11-7-,25-14-. The molecular weight excluding hydrogens is 396 g/mol. The summed E-state index contributed by atoms with van der Waals surface area (Å²) in [5.74, 6) is 0. The second-order valence-corrected chi connectivity index (χ2v) is 7.73. The number of fused-ring (bicyclic) bond motifs is 1. The van der Waals surface area contributed by atoms with E-state index in [4.69, 9.17) is 4.98 Å². The van der Waals surface area contributed by atoms with Gasteiger partial charge in [0.05, 0.1) is 28.2 Å². The van der Waals surface area contributed by atoms with E-state index in [-0.39, 0.29) is 0 Å². The van der Waals surface area contributed by atoms with Crippen LogP contribution in [0.2, 0.25) is 0 Å². The molecule has 0 amide bonds. The van der Waals surface area contributed by atoms with Gasteiger partial charge >= 0.3 is 0 Å². The van der Waals surface area contributed by atoms with Gasteiger partial charge in [0.25, 0.3) is 0 Å². The molecule has 0 spiro atoms. The van der Waals surface area contributed by atoms with Crippen LogP contribution in [0.4, 0.5) is 0 Å². The molecule has 154 valence electrons. The highest BCUT2D eigenvalue weighted by Crippen LogP contribution is 2.29. The van der Waals surface area contributed by atoms with Gasteiger partial charge in [0.15, 0.2) is 11.9 Å². The van der Waals surface area contributed by atoms with E-state index in [1.165, 1.54) is 0 Å². The summed E-state index contributed by atoms with van der Waals surface area (Å²) in [5.41, 5.74) is 3.27. The minimum absolute atomic E-state index is 0.579. The van der Waals surface area contributed by atoms with Gasteiger partial charge in [0, 0.05) is 44.7 Å². The van der Waals surface area contributed by atoms with Crippen LogP contribution in [0, 0.1) is 0 Å². The molecule has 0 radical (unpaired) electrons. The normalized spacial score (nSPS) is 11.9. The number of aliphatic imine (C=N–C) groups is 1. The zero-order valence-electron chi connectivity index (χ0n) is 17.1. The summed E-state index contributed by atoms with van der Waals surface area (Å²) >= 11 is 1.61. The second kappa shape index (κ2) is 10.4. The Labute approximate surface area is 179 Å². The number of aldehydes is 1. The van der Waals surface area contributed by atoms with Gasteiger partial charge in [0.1, 0.15) is 0 Å². The largest absolute Gasteiger partial charge is 0.325 e. The van der Waals surface area contributed by atoms with E-state index in [1.54, 1.807) is 29.9 Å².